The molecule has 1 amide bonds. The normalized spacial score (nSPS) is 10.4. The van der Waals surface area contributed by atoms with E-state index in [4.69, 9.17) is 16.3 Å². The van der Waals surface area contributed by atoms with Gasteiger partial charge in [0.05, 0.1) is 7.11 Å². The van der Waals surface area contributed by atoms with Crippen LogP contribution in [0, 0.1) is 0 Å². The molecule has 1 aromatic heterocycles. The molecule has 29 heavy (non-hydrogen) atoms. The van der Waals surface area contributed by atoms with Crippen molar-refractivity contribution in [2.45, 2.75) is 12.8 Å². The Morgan fingerprint density at radius 1 is 1.00 bits per heavy atom. The lowest BCUT2D eigenvalue weighted by molar-refractivity contribution is -0.116. The van der Waals surface area contributed by atoms with Crippen LogP contribution in [0.5, 0.6) is 0 Å². The SMILES string of the molecule is COC(=O)c1c(-c2ccc(Cl)cc2)csc1NC(=O)CCC(=O)c1ccccc1. The van der Waals surface area contributed by atoms with Gasteiger partial charge >= 0.3 is 5.97 Å². The third-order valence-corrected chi connectivity index (χ3v) is 5.41. The van der Waals surface area contributed by atoms with Gasteiger partial charge in [0.1, 0.15) is 10.6 Å². The Balaban J connectivity index is 1.74. The van der Waals surface area contributed by atoms with Gasteiger partial charge in [0, 0.05) is 34.4 Å². The van der Waals surface area contributed by atoms with Gasteiger partial charge in [-0.15, -0.1) is 11.3 Å². The first-order valence-corrected chi connectivity index (χ1v) is 10.1. The quantitative estimate of drug-likeness (QED) is 0.401. The number of rotatable bonds is 7. The largest absolute Gasteiger partial charge is 0.465 e. The van der Waals surface area contributed by atoms with Crippen LogP contribution in [-0.4, -0.2) is 24.8 Å². The highest BCUT2D eigenvalue weighted by Crippen LogP contribution is 2.36. The highest BCUT2D eigenvalue weighted by atomic mass is 35.5. The van der Waals surface area contributed by atoms with Crippen LogP contribution in [0.2, 0.25) is 5.02 Å². The second-order valence-corrected chi connectivity index (χ2v) is 7.51. The van der Waals surface area contributed by atoms with Gasteiger partial charge in [-0.25, -0.2) is 4.79 Å². The fourth-order valence-corrected chi connectivity index (χ4v) is 3.88. The number of methoxy groups -OCH3 is 1. The van der Waals surface area contributed by atoms with Gasteiger partial charge in [-0.05, 0) is 17.7 Å². The topological polar surface area (TPSA) is 72.5 Å². The summed E-state index contributed by atoms with van der Waals surface area (Å²) in [6.45, 7) is 0. The number of amides is 1. The molecule has 0 unspecified atom stereocenters. The number of hydrogen-bond donors (Lipinski definition) is 1. The first-order chi connectivity index (χ1) is 14.0. The van der Waals surface area contributed by atoms with E-state index < -0.39 is 5.97 Å². The number of esters is 1. The second-order valence-electron chi connectivity index (χ2n) is 6.19. The molecule has 0 saturated heterocycles. The zero-order valence-corrected chi connectivity index (χ0v) is 17.2. The molecule has 2 aromatic carbocycles. The van der Waals surface area contributed by atoms with Crippen LogP contribution in [0.25, 0.3) is 11.1 Å². The number of hydrogen-bond acceptors (Lipinski definition) is 5. The Labute approximate surface area is 177 Å². The molecule has 7 heteroatoms. The fraction of sp³-hybridized carbons (Fsp3) is 0.136. The predicted molar refractivity (Wildman–Crippen MR) is 115 cm³/mol. The summed E-state index contributed by atoms with van der Waals surface area (Å²) in [5, 5.41) is 5.48. The first-order valence-electron chi connectivity index (χ1n) is 8.83. The maximum atomic E-state index is 12.4. The molecular formula is C22H18ClNO4S. The van der Waals surface area contributed by atoms with Crippen LogP contribution < -0.4 is 5.32 Å². The van der Waals surface area contributed by atoms with Gasteiger partial charge in [-0.3, -0.25) is 9.59 Å². The maximum Gasteiger partial charge on any atom is 0.341 e. The Morgan fingerprint density at radius 2 is 1.69 bits per heavy atom. The Hall–Kier alpha value is -2.96. The molecule has 1 heterocycles. The van der Waals surface area contributed by atoms with Gasteiger partial charge in [0.2, 0.25) is 5.91 Å². The van der Waals surface area contributed by atoms with E-state index in [-0.39, 0.29) is 30.1 Å². The highest BCUT2D eigenvalue weighted by Gasteiger charge is 2.22. The number of thiophene rings is 1. The van der Waals surface area contributed by atoms with Gasteiger partial charge in [0.25, 0.3) is 0 Å². The molecule has 0 saturated carbocycles. The number of ether oxygens (including phenoxy) is 1. The van der Waals surface area contributed by atoms with Gasteiger partial charge in [-0.2, -0.15) is 0 Å². The molecule has 0 spiro atoms. The number of carbonyl (C=O) groups excluding carboxylic acids is 3. The van der Waals surface area contributed by atoms with Crippen LogP contribution in [0.1, 0.15) is 33.6 Å². The number of anilines is 1. The summed E-state index contributed by atoms with van der Waals surface area (Å²) >= 11 is 7.16. The molecule has 3 aromatic rings. The minimum atomic E-state index is -0.549. The maximum absolute atomic E-state index is 12.4. The van der Waals surface area contributed by atoms with E-state index in [0.29, 0.717) is 21.2 Å². The van der Waals surface area contributed by atoms with E-state index in [1.165, 1.54) is 18.4 Å². The molecular weight excluding hydrogens is 410 g/mol. The molecule has 1 N–H and O–H groups in total. The predicted octanol–water partition coefficient (Wildman–Crippen LogP) is 5.46. The van der Waals surface area contributed by atoms with E-state index in [1.807, 2.05) is 6.07 Å². The molecule has 5 nitrogen and oxygen atoms in total. The first kappa shape index (κ1) is 20.8. The molecule has 0 aliphatic heterocycles. The molecule has 0 aliphatic rings. The van der Waals surface area contributed by atoms with Crippen molar-refractivity contribution < 1.29 is 19.1 Å². The molecule has 3 rings (SSSR count). The van der Waals surface area contributed by atoms with E-state index >= 15 is 0 Å². The van der Waals surface area contributed by atoms with Crippen molar-refractivity contribution in [3.63, 3.8) is 0 Å². The molecule has 0 aliphatic carbocycles. The lowest BCUT2D eigenvalue weighted by atomic mass is 10.0. The Kier molecular flexibility index (Phi) is 6.80. The minimum Gasteiger partial charge on any atom is -0.465 e. The van der Waals surface area contributed by atoms with Crippen molar-refractivity contribution in [2.75, 3.05) is 12.4 Å². The van der Waals surface area contributed by atoms with E-state index in [1.54, 1.807) is 53.9 Å². The lowest BCUT2D eigenvalue weighted by Crippen LogP contribution is -2.15. The van der Waals surface area contributed by atoms with E-state index in [9.17, 15) is 14.4 Å². The summed E-state index contributed by atoms with van der Waals surface area (Å²) in [5.41, 5.74) is 2.28. The molecule has 148 valence electrons. The zero-order valence-electron chi connectivity index (χ0n) is 15.6. The second kappa shape index (κ2) is 9.49. The van der Waals surface area contributed by atoms with E-state index in [0.717, 1.165) is 5.56 Å². The van der Waals surface area contributed by atoms with Crippen LogP contribution >= 0.6 is 22.9 Å². The fourth-order valence-electron chi connectivity index (χ4n) is 2.78. The average Bonchev–Trinajstić information content (AvgIpc) is 3.16. The molecule has 0 radical (unpaired) electrons. The lowest BCUT2D eigenvalue weighted by Gasteiger charge is -2.08. The standard InChI is InChI=1S/C22H18ClNO4S/c1-28-22(27)20-17(14-7-9-16(23)10-8-14)13-29-21(20)24-19(26)12-11-18(25)15-5-3-2-4-6-15/h2-10,13H,11-12H2,1H3,(H,24,26). The number of halogens is 1. The monoisotopic (exact) mass is 427 g/mol. The molecule has 0 bridgehead atoms. The summed E-state index contributed by atoms with van der Waals surface area (Å²) in [6.07, 6.45) is 0.0986. The third-order valence-electron chi connectivity index (χ3n) is 4.26. The number of benzene rings is 2. The van der Waals surface area contributed by atoms with Gasteiger partial charge in [-0.1, -0.05) is 54.1 Å². The molecule has 0 fully saturated rings. The van der Waals surface area contributed by atoms with E-state index in [2.05, 4.69) is 5.32 Å². The van der Waals surface area contributed by atoms with Crippen LogP contribution in [-0.2, 0) is 9.53 Å². The smallest absolute Gasteiger partial charge is 0.341 e. The van der Waals surface area contributed by atoms with Crippen molar-refractivity contribution in [1.82, 2.24) is 0 Å². The zero-order chi connectivity index (χ0) is 20.8. The highest BCUT2D eigenvalue weighted by molar-refractivity contribution is 7.15. The Bertz CT molecular complexity index is 1030. The summed E-state index contributed by atoms with van der Waals surface area (Å²) in [6, 6.07) is 15.8. The number of ketones is 1. The van der Waals surface area contributed by atoms with Crippen LogP contribution in [0.15, 0.2) is 60.0 Å². The van der Waals surface area contributed by atoms with Crippen LogP contribution in [0.4, 0.5) is 5.00 Å². The van der Waals surface area contributed by atoms with Crippen molar-refractivity contribution in [1.29, 1.82) is 0 Å². The summed E-state index contributed by atoms with van der Waals surface area (Å²) in [5.74, 6) is -1.00. The van der Waals surface area contributed by atoms with Crippen molar-refractivity contribution in [2.24, 2.45) is 0 Å². The average molecular weight is 428 g/mol. The Morgan fingerprint density at radius 3 is 2.34 bits per heavy atom. The number of Topliss-reactive ketones (excluding diaryl/α,β-unsaturated/α-hetero) is 1. The summed E-state index contributed by atoms with van der Waals surface area (Å²) in [7, 11) is 1.29. The van der Waals surface area contributed by atoms with Crippen LogP contribution in [0.3, 0.4) is 0 Å². The summed E-state index contributed by atoms with van der Waals surface area (Å²) in [4.78, 5) is 36.9. The van der Waals surface area contributed by atoms with Crippen molar-refractivity contribution in [3.8, 4) is 11.1 Å². The number of nitrogens with one attached hydrogen (secondary N) is 1. The van der Waals surface area contributed by atoms with Crippen molar-refractivity contribution >= 4 is 45.6 Å². The van der Waals surface area contributed by atoms with Gasteiger partial charge < -0.3 is 10.1 Å². The number of carbonyl (C=O) groups is 3. The minimum absolute atomic E-state index is 0.0164. The summed E-state index contributed by atoms with van der Waals surface area (Å²) < 4.78 is 4.90. The third kappa shape index (κ3) is 5.10. The van der Waals surface area contributed by atoms with Gasteiger partial charge in [0.15, 0.2) is 5.78 Å². The molecule has 0 atom stereocenters. The van der Waals surface area contributed by atoms with Crippen molar-refractivity contribution in [3.05, 3.63) is 76.1 Å².